The summed E-state index contributed by atoms with van der Waals surface area (Å²) >= 11 is 0. The minimum Gasteiger partial charge on any atom is -0.870 e. The van der Waals surface area contributed by atoms with Crippen LogP contribution in [0.2, 0.25) is 0 Å². The molecule has 7 heteroatoms. The quantitative estimate of drug-likeness (QED) is 0.443. The summed E-state index contributed by atoms with van der Waals surface area (Å²) in [6.07, 6.45) is 0. The summed E-state index contributed by atoms with van der Waals surface area (Å²) in [5.41, 5.74) is -1.37. The van der Waals surface area contributed by atoms with Crippen molar-refractivity contribution < 1.29 is 34.8 Å². The molecule has 0 aliphatic heterocycles. The Labute approximate surface area is 173 Å². The fraction of sp³-hybridized carbons (Fsp3) is 0. The molecule has 0 saturated heterocycles. The maximum atomic E-state index is 10.5. The van der Waals surface area contributed by atoms with Crippen LogP contribution in [0.1, 0.15) is 0 Å². The van der Waals surface area contributed by atoms with Crippen molar-refractivity contribution in [3.8, 4) is 17.2 Å². The van der Waals surface area contributed by atoms with Crippen LogP contribution in [0.3, 0.4) is 0 Å². The first kappa shape index (κ1) is 24.7. The van der Waals surface area contributed by atoms with Crippen molar-refractivity contribution in [2.75, 3.05) is 0 Å². The minimum absolute atomic E-state index is 0. The van der Waals surface area contributed by atoms with E-state index in [9.17, 15) is 29.7 Å². The van der Waals surface area contributed by atoms with Crippen molar-refractivity contribution >= 4 is 0 Å². The standard InChI is InChI=1S/3C7H6O2.Ru/c3*8-6-4-2-1-3-5-7(6)9;/h3*1-5H,(H,8,9);/q;;;+3/p-3. The van der Waals surface area contributed by atoms with Crippen LogP contribution in [-0.4, -0.2) is 0 Å². The summed E-state index contributed by atoms with van der Waals surface area (Å²) in [6.45, 7) is 0. The van der Waals surface area contributed by atoms with Gasteiger partial charge < -0.3 is 15.3 Å². The van der Waals surface area contributed by atoms with E-state index in [-0.39, 0.29) is 19.5 Å². The van der Waals surface area contributed by atoms with Crippen molar-refractivity contribution in [3.63, 3.8) is 0 Å². The van der Waals surface area contributed by atoms with Gasteiger partial charge in [-0.3, -0.25) is 14.4 Å². The van der Waals surface area contributed by atoms with Crippen molar-refractivity contribution in [2.45, 2.75) is 0 Å². The molecule has 0 atom stereocenters. The van der Waals surface area contributed by atoms with Crippen molar-refractivity contribution in [1.82, 2.24) is 0 Å². The fourth-order valence-electron chi connectivity index (χ4n) is 1.54. The molecule has 0 N–H and O–H groups in total. The Morgan fingerprint density at radius 1 is 0.393 bits per heavy atom. The van der Waals surface area contributed by atoms with E-state index in [1.54, 1.807) is 54.6 Å². The van der Waals surface area contributed by atoms with Crippen LogP contribution >= 0.6 is 0 Å². The molecule has 143 valence electrons. The molecule has 28 heavy (non-hydrogen) atoms. The summed E-state index contributed by atoms with van der Waals surface area (Å²) in [7, 11) is 0. The molecule has 0 aliphatic carbocycles. The molecule has 0 aliphatic rings. The average Bonchev–Trinajstić information content (AvgIpc) is 3.04. The van der Waals surface area contributed by atoms with Gasteiger partial charge in [-0.05, 0) is 18.2 Å². The summed E-state index contributed by atoms with van der Waals surface area (Å²) in [5.74, 6) is -1.37. The molecule has 0 unspecified atom stereocenters. The van der Waals surface area contributed by atoms with Gasteiger partial charge in [0.25, 0.3) is 0 Å². The molecule has 0 heterocycles. The Morgan fingerprint density at radius 2 is 0.607 bits per heavy atom. The zero-order valence-corrected chi connectivity index (χ0v) is 16.2. The zero-order chi connectivity index (χ0) is 20.1. The van der Waals surface area contributed by atoms with Gasteiger partial charge in [-0.2, -0.15) is 0 Å². The topological polar surface area (TPSA) is 120 Å². The second-order valence-corrected chi connectivity index (χ2v) is 4.92. The van der Waals surface area contributed by atoms with Gasteiger partial charge in [-0.1, -0.05) is 90.0 Å². The first-order valence-electron chi connectivity index (χ1n) is 7.71. The monoisotopic (exact) mass is 465 g/mol. The predicted octanol–water partition coefficient (Wildman–Crippen LogP) is 0.359. The Bertz CT molecular complexity index is 906. The van der Waals surface area contributed by atoms with Crippen molar-refractivity contribution in [1.29, 1.82) is 0 Å². The SMILES string of the molecule is O=c1cccccc1[O-].O=c1cccccc1[O-].O=c1cccccc1[O-].[Ru+3]. The van der Waals surface area contributed by atoms with Gasteiger partial charge in [0, 0.05) is 0 Å². The zero-order valence-electron chi connectivity index (χ0n) is 14.5. The molecule has 0 saturated carbocycles. The van der Waals surface area contributed by atoms with Gasteiger partial charge in [-0.15, -0.1) is 0 Å². The van der Waals surface area contributed by atoms with E-state index in [1.165, 1.54) is 36.4 Å². The van der Waals surface area contributed by atoms with Crippen molar-refractivity contribution in [3.05, 3.63) is 122 Å². The van der Waals surface area contributed by atoms with E-state index >= 15 is 0 Å². The second-order valence-electron chi connectivity index (χ2n) is 4.92. The summed E-state index contributed by atoms with van der Waals surface area (Å²) in [4.78, 5) is 31.5. The first-order chi connectivity index (χ1) is 12.9. The van der Waals surface area contributed by atoms with E-state index in [0.717, 1.165) is 0 Å². The average molecular weight is 464 g/mol. The third-order valence-electron chi connectivity index (χ3n) is 2.88. The minimum atomic E-state index is -0.458. The predicted molar refractivity (Wildman–Crippen MR) is 96.5 cm³/mol. The van der Waals surface area contributed by atoms with Gasteiger partial charge in [0.05, 0.1) is 0 Å². The molecule has 0 fully saturated rings. The first-order valence-corrected chi connectivity index (χ1v) is 7.71. The molecule has 0 spiro atoms. The maximum Gasteiger partial charge on any atom is 3.00 e. The molecule has 6 nitrogen and oxygen atoms in total. The Balaban J connectivity index is 0.000000384. The molecule has 3 aromatic carbocycles. The van der Waals surface area contributed by atoms with Gasteiger partial charge in [0.2, 0.25) is 0 Å². The normalized spacial score (nSPS) is 8.57. The second kappa shape index (κ2) is 13.8. The molecule has 0 amide bonds. The molecule has 3 rings (SSSR count). The summed E-state index contributed by atoms with van der Waals surface area (Å²) < 4.78 is 0. The van der Waals surface area contributed by atoms with Crippen LogP contribution in [0, 0.1) is 0 Å². The van der Waals surface area contributed by atoms with Gasteiger partial charge in [0.15, 0.2) is 16.3 Å². The summed E-state index contributed by atoms with van der Waals surface area (Å²) in [6, 6.07) is 21.7. The smallest absolute Gasteiger partial charge is 0.870 e. The van der Waals surface area contributed by atoms with E-state index in [4.69, 9.17) is 0 Å². The van der Waals surface area contributed by atoms with E-state index < -0.39 is 33.5 Å². The van der Waals surface area contributed by atoms with Crippen LogP contribution in [0.5, 0.6) is 17.2 Å². The number of hydrogen-bond donors (Lipinski definition) is 0. The number of rotatable bonds is 0. The number of hydrogen-bond acceptors (Lipinski definition) is 6. The molecule has 0 bridgehead atoms. The van der Waals surface area contributed by atoms with Crippen LogP contribution in [0.15, 0.2) is 105 Å². The van der Waals surface area contributed by atoms with Crippen LogP contribution in [-0.2, 0) is 19.5 Å². The molecule has 3 aromatic rings. The maximum absolute atomic E-state index is 10.5. The fourth-order valence-corrected chi connectivity index (χ4v) is 1.54. The van der Waals surface area contributed by atoms with Crippen LogP contribution in [0.4, 0.5) is 0 Å². The Morgan fingerprint density at radius 3 is 0.857 bits per heavy atom. The molecule has 0 aromatic heterocycles. The Kier molecular flexibility index (Phi) is 12.2. The third kappa shape index (κ3) is 9.99. The molecular formula is C21H15O6Ru. The molecular weight excluding hydrogens is 449 g/mol. The Hall–Kier alpha value is -3.31. The van der Waals surface area contributed by atoms with Crippen LogP contribution < -0.4 is 31.6 Å². The van der Waals surface area contributed by atoms with E-state index in [0.29, 0.717) is 0 Å². The van der Waals surface area contributed by atoms with E-state index in [1.807, 2.05) is 0 Å². The van der Waals surface area contributed by atoms with Gasteiger partial charge in [-0.25, -0.2) is 0 Å². The van der Waals surface area contributed by atoms with Crippen molar-refractivity contribution in [2.24, 2.45) is 0 Å². The third-order valence-corrected chi connectivity index (χ3v) is 2.88. The largest absolute Gasteiger partial charge is 3.00 e. The molecule has 1 radical (unpaired) electrons. The van der Waals surface area contributed by atoms with Crippen LogP contribution in [0.25, 0.3) is 0 Å². The van der Waals surface area contributed by atoms with E-state index in [2.05, 4.69) is 0 Å². The van der Waals surface area contributed by atoms with Gasteiger partial charge >= 0.3 is 19.5 Å². The van der Waals surface area contributed by atoms with Gasteiger partial charge in [0.1, 0.15) is 0 Å². The summed E-state index contributed by atoms with van der Waals surface area (Å²) in [5, 5.41) is 31.5.